The van der Waals surface area contributed by atoms with Gasteiger partial charge in [-0.25, -0.2) is 0 Å². The smallest absolute Gasteiger partial charge is 0.254 e. The van der Waals surface area contributed by atoms with Crippen LogP contribution in [-0.4, -0.2) is 24.0 Å². The van der Waals surface area contributed by atoms with Gasteiger partial charge in [0.15, 0.2) is 0 Å². The highest BCUT2D eigenvalue weighted by molar-refractivity contribution is 7.98. The lowest BCUT2D eigenvalue weighted by molar-refractivity contribution is -0.403. The summed E-state index contributed by atoms with van der Waals surface area (Å²) in [4.78, 5) is 9.47. The quantitative estimate of drug-likeness (QED) is 0.488. The van der Waals surface area contributed by atoms with E-state index in [2.05, 4.69) is 5.32 Å². The monoisotopic (exact) mass is 162 g/mol. The van der Waals surface area contributed by atoms with Gasteiger partial charge in [0, 0.05) is 12.8 Å². The second kappa shape index (κ2) is 5.10. The summed E-state index contributed by atoms with van der Waals surface area (Å²) in [6, 6.07) is 0. The van der Waals surface area contributed by atoms with Crippen LogP contribution < -0.4 is 5.32 Å². The molecule has 0 fully saturated rings. The van der Waals surface area contributed by atoms with Gasteiger partial charge in [-0.15, -0.1) is 0 Å². The molecule has 0 rings (SSSR count). The molecule has 0 aliphatic heterocycles. The molecule has 0 saturated carbocycles. The van der Waals surface area contributed by atoms with Gasteiger partial charge in [-0.1, -0.05) is 0 Å². The zero-order valence-electron chi connectivity index (χ0n) is 5.96. The highest BCUT2D eigenvalue weighted by atomic mass is 32.2. The van der Waals surface area contributed by atoms with Crippen LogP contribution in [0.3, 0.4) is 0 Å². The molecule has 0 aliphatic rings. The lowest BCUT2D eigenvalue weighted by atomic mass is 10.5. The fraction of sp³-hybridized carbons (Fsp3) is 0.600. The molecular weight excluding hydrogens is 152 g/mol. The summed E-state index contributed by atoms with van der Waals surface area (Å²) in [6.07, 6.45) is 2.88. The van der Waals surface area contributed by atoms with Gasteiger partial charge in [-0.2, -0.15) is 11.8 Å². The van der Waals surface area contributed by atoms with Gasteiger partial charge in [0.05, 0.1) is 10.6 Å². The average molecular weight is 162 g/mol. The van der Waals surface area contributed by atoms with Gasteiger partial charge in [-0.05, 0) is 6.26 Å². The minimum Gasteiger partial charge on any atom is -0.386 e. The van der Waals surface area contributed by atoms with E-state index >= 15 is 0 Å². The first-order chi connectivity index (χ1) is 4.70. The van der Waals surface area contributed by atoms with Crippen molar-refractivity contribution in [2.45, 2.75) is 0 Å². The summed E-state index contributed by atoms with van der Waals surface area (Å²) in [6.45, 7) is 0. The van der Waals surface area contributed by atoms with Crippen LogP contribution in [0, 0.1) is 10.1 Å². The number of nitro groups is 1. The summed E-state index contributed by atoms with van der Waals surface area (Å²) in [5, 5.41) is 12.7. The Morgan fingerprint density at radius 1 is 1.90 bits per heavy atom. The molecule has 0 aromatic heterocycles. The van der Waals surface area contributed by atoms with Crippen molar-refractivity contribution in [1.29, 1.82) is 0 Å². The number of nitrogens with one attached hydrogen (secondary N) is 1. The molecule has 0 aromatic rings. The topological polar surface area (TPSA) is 55.2 Å². The summed E-state index contributed by atoms with van der Waals surface area (Å²) < 4.78 is 0. The maximum Gasteiger partial charge on any atom is 0.254 e. The van der Waals surface area contributed by atoms with E-state index in [9.17, 15) is 10.1 Å². The van der Waals surface area contributed by atoms with Crippen molar-refractivity contribution >= 4 is 11.8 Å². The third-order valence-electron chi connectivity index (χ3n) is 0.882. The van der Waals surface area contributed by atoms with Gasteiger partial charge >= 0.3 is 0 Å². The van der Waals surface area contributed by atoms with Gasteiger partial charge in [0.25, 0.3) is 6.20 Å². The second-order valence-corrected chi connectivity index (χ2v) is 2.49. The molecule has 0 aromatic carbocycles. The van der Waals surface area contributed by atoms with Crippen molar-refractivity contribution in [1.82, 2.24) is 5.32 Å². The molecule has 0 saturated heterocycles. The van der Waals surface area contributed by atoms with E-state index in [1.54, 1.807) is 18.8 Å². The van der Waals surface area contributed by atoms with Crippen molar-refractivity contribution in [3.8, 4) is 0 Å². The highest BCUT2D eigenvalue weighted by Gasteiger charge is 1.97. The molecule has 0 aliphatic carbocycles. The van der Waals surface area contributed by atoms with Crippen molar-refractivity contribution in [2.24, 2.45) is 0 Å². The van der Waals surface area contributed by atoms with Crippen LogP contribution in [0.4, 0.5) is 0 Å². The normalized spacial score (nSPS) is 11.2. The molecule has 0 atom stereocenters. The first kappa shape index (κ1) is 9.29. The fourth-order valence-electron chi connectivity index (χ4n) is 0.457. The van der Waals surface area contributed by atoms with Crippen LogP contribution in [0.1, 0.15) is 0 Å². The number of rotatable bonds is 4. The third kappa shape index (κ3) is 4.20. The van der Waals surface area contributed by atoms with Gasteiger partial charge in [0.2, 0.25) is 0 Å². The van der Waals surface area contributed by atoms with E-state index < -0.39 is 4.92 Å². The van der Waals surface area contributed by atoms with Gasteiger partial charge in [0.1, 0.15) is 0 Å². The van der Waals surface area contributed by atoms with E-state index in [0.29, 0.717) is 11.4 Å². The Kier molecular flexibility index (Phi) is 4.74. The number of hydrogen-bond acceptors (Lipinski definition) is 4. The van der Waals surface area contributed by atoms with Crippen molar-refractivity contribution in [2.75, 3.05) is 19.1 Å². The molecule has 5 heteroatoms. The Labute approximate surface area is 63.8 Å². The van der Waals surface area contributed by atoms with Crippen LogP contribution in [0.15, 0.2) is 11.9 Å². The Morgan fingerprint density at radius 2 is 2.50 bits per heavy atom. The Balaban J connectivity index is 3.91. The summed E-state index contributed by atoms with van der Waals surface area (Å²) in [7, 11) is 1.67. The van der Waals surface area contributed by atoms with Crippen LogP contribution in [-0.2, 0) is 0 Å². The van der Waals surface area contributed by atoms with E-state index in [0.717, 1.165) is 6.20 Å². The zero-order chi connectivity index (χ0) is 7.98. The SMILES string of the molecule is CNC(=C[N+](=O)[O-])CSC. The molecule has 10 heavy (non-hydrogen) atoms. The van der Waals surface area contributed by atoms with Crippen molar-refractivity contribution in [3.05, 3.63) is 22.0 Å². The molecule has 0 unspecified atom stereocenters. The van der Waals surface area contributed by atoms with E-state index in [-0.39, 0.29) is 0 Å². The number of hydrogen-bond donors (Lipinski definition) is 1. The predicted molar refractivity (Wildman–Crippen MR) is 42.5 cm³/mol. The van der Waals surface area contributed by atoms with Crippen LogP contribution in [0.2, 0.25) is 0 Å². The standard InChI is InChI=1S/C5H10N2O2S/c1-6-5(4-10-2)3-7(8)9/h3,6H,4H2,1-2H3. The fourth-order valence-corrected chi connectivity index (χ4v) is 0.987. The molecule has 0 bridgehead atoms. The molecule has 58 valence electrons. The lowest BCUT2D eigenvalue weighted by Gasteiger charge is -1.98. The molecule has 1 N–H and O–H groups in total. The molecule has 0 heterocycles. The first-order valence-electron chi connectivity index (χ1n) is 2.71. The van der Waals surface area contributed by atoms with Gasteiger partial charge in [-0.3, -0.25) is 10.1 Å². The van der Waals surface area contributed by atoms with E-state index in [1.807, 2.05) is 6.26 Å². The molecular formula is C5H10N2O2S. The molecule has 0 spiro atoms. The summed E-state index contributed by atoms with van der Waals surface area (Å²) in [5.74, 6) is 0.650. The Hall–Kier alpha value is -0.710. The summed E-state index contributed by atoms with van der Waals surface area (Å²) >= 11 is 1.54. The Morgan fingerprint density at radius 3 is 2.80 bits per heavy atom. The van der Waals surface area contributed by atoms with E-state index in [1.165, 1.54) is 0 Å². The largest absolute Gasteiger partial charge is 0.386 e. The average Bonchev–Trinajstić information content (AvgIpc) is 1.86. The van der Waals surface area contributed by atoms with E-state index in [4.69, 9.17) is 0 Å². The number of nitrogens with zero attached hydrogens (tertiary/aromatic N) is 1. The highest BCUT2D eigenvalue weighted by Crippen LogP contribution is 1.99. The number of thioether (sulfide) groups is 1. The Bertz CT molecular complexity index is 147. The molecule has 0 amide bonds. The minimum absolute atomic E-state index is 0.456. The molecule has 4 nitrogen and oxygen atoms in total. The zero-order valence-corrected chi connectivity index (χ0v) is 6.77. The second-order valence-electron chi connectivity index (χ2n) is 1.62. The van der Waals surface area contributed by atoms with Gasteiger partial charge < -0.3 is 5.32 Å². The maximum atomic E-state index is 9.92. The molecule has 0 radical (unpaired) electrons. The summed E-state index contributed by atoms with van der Waals surface area (Å²) in [5.41, 5.74) is 0.637. The van der Waals surface area contributed by atoms with Crippen molar-refractivity contribution in [3.63, 3.8) is 0 Å². The maximum absolute atomic E-state index is 9.92. The first-order valence-corrected chi connectivity index (χ1v) is 4.11. The van der Waals surface area contributed by atoms with Crippen LogP contribution in [0.25, 0.3) is 0 Å². The van der Waals surface area contributed by atoms with Crippen LogP contribution in [0.5, 0.6) is 0 Å². The van der Waals surface area contributed by atoms with Crippen LogP contribution >= 0.6 is 11.8 Å². The minimum atomic E-state index is -0.456. The van der Waals surface area contributed by atoms with Crippen molar-refractivity contribution < 1.29 is 4.92 Å². The third-order valence-corrected chi connectivity index (χ3v) is 1.48. The lowest BCUT2D eigenvalue weighted by Crippen LogP contribution is -2.09. The predicted octanol–water partition coefficient (Wildman–Crippen LogP) is 0.687.